The summed E-state index contributed by atoms with van der Waals surface area (Å²) in [5.41, 5.74) is 8.14. The van der Waals surface area contributed by atoms with E-state index < -0.39 is 0 Å². The van der Waals surface area contributed by atoms with Gasteiger partial charge in [-0.15, -0.1) is 0 Å². The second kappa shape index (κ2) is 10.6. The molecule has 8 heteroatoms. The molecule has 3 aromatic heterocycles. The molecule has 1 aliphatic heterocycles. The van der Waals surface area contributed by atoms with E-state index in [0.717, 1.165) is 81.4 Å². The van der Waals surface area contributed by atoms with Gasteiger partial charge in [0.05, 0.1) is 23.1 Å². The molecule has 0 bridgehead atoms. The highest BCUT2D eigenvalue weighted by molar-refractivity contribution is 6.02. The second-order valence-corrected chi connectivity index (χ2v) is 10.7. The van der Waals surface area contributed by atoms with Gasteiger partial charge >= 0.3 is 0 Å². The number of hydrogen-bond acceptors (Lipinski definition) is 4. The van der Waals surface area contributed by atoms with Gasteiger partial charge in [-0.2, -0.15) is 5.10 Å². The van der Waals surface area contributed by atoms with Gasteiger partial charge in [-0.1, -0.05) is 30.3 Å². The Kier molecular flexibility index (Phi) is 6.53. The van der Waals surface area contributed by atoms with Gasteiger partial charge in [0.25, 0.3) is 0 Å². The average Bonchev–Trinajstić information content (AvgIpc) is 3.62. The van der Waals surface area contributed by atoms with Crippen LogP contribution in [0.3, 0.4) is 0 Å². The third-order valence-electron chi connectivity index (χ3n) is 7.93. The molecule has 0 unspecified atom stereocenters. The molecule has 1 saturated heterocycles. The minimum atomic E-state index is -0.255. The molecule has 4 N–H and O–H groups in total. The summed E-state index contributed by atoms with van der Waals surface area (Å²) >= 11 is 0. The largest absolute Gasteiger partial charge is 0.353 e. The summed E-state index contributed by atoms with van der Waals surface area (Å²) in [7, 11) is 0. The van der Waals surface area contributed by atoms with Crippen molar-refractivity contribution < 1.29 is 9.18 Å². The van der Waals surface area contributed by atoms with Crippen LogP contribution in [0.5, 0.6) is 0 Å². The molecule has 4 heterocycles. The van der Waals surface area contributed by atoms with E-state index in [1.165, 1.54) is 12.1 Å². The van der Waals surface area contributed by atoms with Crippen molar-refractivity contribution in [2.24, 2.45) is 5.92 Å². The maximum Gasteiger partial charge on any atom is 0.224 e. The summed E-state index contributed by atoms with van der Waals surface area (Å²) in [5.74, 6) is 0.197. The van der Waals surface area contributed by atoms with Gasteiger partial charge in [0.1, 0.15) is 11.5 Å². The van der Waals surface area contributed by atoms with Crippen molar-refractivity contribution in [3.8, 4) is 33.6 Å². The summed E-state index contributed by atoms with van der Waals surface area (Å²) in [6.45, 7) is 1.95. The number of rotatable bonds is 6. The minimum absolute atomic E-state index is 0.0299. The van der Waals surface area contributed by atoms with Gasteiger partial charge in [0.2, 0.25) is 5.91 Å². The van der Waals surface area contributed by atoms with Crippen LogP contribution in [0.1, 0.15) is 19.3 Å². The number of carbonyl (C=O) groups excluding carboxylic acids is 1. The highest BCUT2D eigenvalue weighted by Gasteiger charge is 2.18. The fraction of sp³-hybridized carbons (Fsp3) is 0.182. The minimum Gasteiger partial charge on any atom is -0.353 e. The van der Waals surface area contributed by atoms with E-state index in [1.54, 1.807) is 24.5 Å². The Morgan fingerprint density at radius 1 is 0.878 bits per heavy atom. The molecule has 0 saturated carbocycles. The Hall–Kier alpha value is -4.82. The lowest BCUT2D eigenvalue weighted by atomic mass is 9.94. The molecule has 0 aliphatic carbocycles. The number of nitrogens with zero attached hydrogens (tertiary/aromatic N) is 2. The third-order valence-corrected chi connectivity index (χ3v) is 7.93. The Balaban J connectivity index is 1.19. The summed E-state index contributed by atoms with van der Waals surface area (Å²) in [6.07, 6.45) is 6.09. The molecule has 204 valence electrons. The van der Waals surface area contributed by atoms with Gasteiger partial charge in [0, 0.05) is 34.5 Å². The van der Waals surface area contributed by atoms with E-state index in [1.807, 2.05) is 36.4 Å². The number of pyridine rings is 1. The normalized spacial score (nSPS) is 14.1. The lowest BCUT2D eigenvalue weighted by molar-refractivity contribution is -0.117. The predicted octanol–water partition coefficient (Wildman–Crippen LogP) is 6.91. The number of fused-ring (bicyclic) bond motifs is 2. The lowest BCUT2D eigenvalue weighted by Crippen LogP contribution is -2.30. The van der Waals surface area contributed by atoms with Crippen LogP contribution in [0.4, 0.5) is 10.1 Å². The molecule has 1 fully saturated rings. The molecule has 1 aliphatic rings. The maximum atomic E-state index is 13.5. The molecular weight excluding hydrogens is 515 g/mol. The van der Waals surface area contributed by atoms with Crippen molar-refractivity contribution in [3.63, 3.8) is 0 Å². The van der Waals surface area contributed by atoms with Crippen LogP contribution >= 0.6 is 0 Å². The fourth-order valence-electron chi connectivity index (χ4n) is 5.79. The highest BCUT2D eigenvalue weighted by atomic mass is 19.1. The van der Waals surface area contributed by atoms with Crippen LogP contribution < -0.4 is 10.6 Å². The number of hydrogen-bond donors (Lipinski definition) is 4. The van der Waals surface area contributed by atoms with E-state index >= 15 is 0 Å². The van der Waals surface area contributed by atoms with Crippen LogP contribution in [0.15, 0.2) is 85.2 Å². The van der Waals surface area contributed by atoms with Gasteiger partial charge in [-0.05, 0) is 91.0 Å². The highest BCUT2D eigenvalue weighted by Crippen LogP contribution is 2.35. The summed E-state index contributed by atoms with van der Waals surface area (Å²) in [4.78, 5) is 20.6. The number of amides is 1. The number of aromatic amines is 2. The molecule has 1 amide bonds. The molecule has 7 rings (SSSR count). The molecule has 41 heavy (non-hydrogen) atoms. The first-order valence-corrected chi connectivity index (χ1v) is 13.9. The molecule has 0 radical (unpaired) electrons. The number of carbonyl (C=O) groups is 1. The first kappa shape index (κ1) is 25.2. The van der Waals surface area contributed by atoms with Crippen LogP contribution in [0.25, 0.3) is 55.4 Å². The molecule has 3 aromatic carbocycles. The van der Waals surface area contributed by atoms with Crippen LogP contribution in [0, 0.1) is 11.7 Å². The van der Waals surface area contributed by atoms with E-state index in [9.17, 15) is 9.18 Å². The Labute approximate surface area is 236 Å². The van der Waals surface area contributed by atoms with Crippen molar-refractivity contribution in [2.75, 3.05) is 18.4 Å². The molecule has 0 atom stereocenters. The Bertz CT molecular complexity index is 1870. The Morgan fingerprint density at radius 3 is 2.56 bits per heavy atom. The number of halogens is 1. The van der Waals surface area contributed by atoms with Gasteiger partial charge < -0.3 is 15.6 Å². The fourth-order valence-corrected chi connectivity index (χ4v) is 5.79. The molecule has 0 spiro atoms. The van der Waals surface area contributed by atoms with Crippen molar-refractivity contribution in [1.82, 2.24) is 25.5 Å². The predicted molar refractivity (Wildman–Crippen MR) is 161 cm³/mol. The zero-order valence-corrected chi connectivity index (χ0v) is 22.4. The summed E-state index contributed by atoms with van der Waals surface area (Å²) in [5, 5.41) is 16.2. The first-order chi connectivity index (χ1) is 20.1. The Morgan fingerprint density at radius 2 is 1.71 bits per heavy atom. The van der Waals surface area contributed by atoms with Crippen LogP contribution in [-0.2, 0) is 4.79 Å². The maximum absolute atomic E-state index is 13.5. The van der Waals surface area contributed by atoms with Gasteiger partial charge in [-0.25, -0.2) is 4.39 Å². The summed E-state index contributed by atoms with van der Waals surface area (Å²) < 4.78 is 13.5. The topological polar surface area (TPSA) is 98.5 Å². The van der Waals surface area contributed by atoms with E-state index in [0.29, 0.717) is 18.0 Å². The van der Waals surface area contributed by atoms with E-state index in [-0.39, 0.29) is 11.7 Å². The van der Waals surface area contributed by atoms with Crippen LogP contribution in [-0.4, -0.2) is 39.2 Å². The molecule has 7 nitrogen and oxygen atoms in total. The smallest absolute Gasteiger partial charge is 0.224 e. The molecular formula is C33H29FN6O. The zero-order chi connectivity index (χ0) is 27.8. The quantitative estimate of drug-likeness (QED) is 0.183. The number of aromatic nitrogens is 4. The average molecular weight is 545 g/mol. The van der Waals surface area contributed by atoms with Gasteiger partial charge in [0.15, 0.2) is 0 Å². The first-order valence-electron chi connectivity index (χ1n) is 13.9. The number of benzene rings is 3. The number of anilines is 1. The van der Waals surface area contributed by atoms with Gasteiger partial charge in [-0.3, -0.25) is 14.9 Å². The van der Waals surface area contributed by atoms with E-state index in [4.69, 9.17) is 0 Å². The number of piperidine rings is 1. The van der Waals surface area contributed by atoms with Crippen molar-refractivity contribution in [3.05, 3.63) is 91.0 Å². The monoisotopic (exact) mass is 544 g/mol. The van der Waals surface area contributed by atoms with Crippen molar-refractivity contribution in [1.29, 1.82) is 0 Å². The van der Waals surface area contributed by atoms with Crippen LogP contribution in [0.2, 0.25) is 0 Å². The number of nitrogens with one attached hydrogen (secondary N) is 4. The standard InChI is InChI=1S/C33H29FN6O/c34-24-7-4-21(5-8-24)26-2-1-3-29-27(26)17-31(38-29)33-28-16-22(6-9-30(28)39-40-33)23-15-25(19-36-18-23)37-32(41)14-20-10-12-35-13-11-20/h1-9,15-20,35,38H,10-14H2,(H,37,41)(H,39,40). The third kappa shape index (κ3) is 5.10. The zero-order valence-electron chi connectivity index (χ0n) is 22.4. The second-order valence-electron chi connectivity index (χ2n) is 10.7. The SMILES string of the molecule is O=C(CC1CCNCC1)Nc1cncc(-c2ccc3[nH]nc(-c4cc5c(-c6ccc(F)cc6)cccc5[nH]4)c3c2)c1. The van der Waals surface area contributed by atoms with Crippen molar-refractivity contribution >= 4 is 33.4 Å². The molecule has 6 aromatic rings. The van der Waals surface area contributed by atoms with E-state index in [2.05, 4.69) is 42.9 Å². The van der Waals surface area contributed by atoms with Crippen molar-refractivity contribution in [2.45, 2.75) is 19.3 Å². The lowest BCUT2D eigenvalue weighted by Gasteiger charge is -2.21. The number of H-pyrrole nitrogens is 2. The summed E-state index contributed by atoms with van der Waals surface area (Å²) in [6, 6.07) is 22.8.